The van der Waals surface area contributed by atoms with E-state index in [2.05, 4.69) is 214 Å². The highest BCUT2D eigenvalue weighted by atomic mass is 16.7. The largest absolute Gasteiger partial charge is 0.495 e. The zero-order chi connectivity index (χ0) is 39.7. The fourth-order valence-corrected chi connectivity index (χ4v) is 10.4. The lowest BCUT2D eigenvalue weighted by atomic mass is 9.65. The molecule has 8 aromatic carbocycles. The van der Waals surface area contributed by atoms with Crippen molar-refractivity contribution in [2.24, 2.45) is 0 Å². The van der Waals surface area contributed by atoms with E-state index in [1.807, 2.05) is 0 Å². The number of hydrogen-bond donors (Lipinski definition) is 0. The third-order valence-electron chi connectivity index (χ3n) is 13.9. The molecule has 2 aliphatic heterocycles. The monoisotopic (exact) mass is 759 g/mol. The van der Waals surface area contributed by atoms with Gasteiger partial charge in [-0.15, -0.1) is 0 Å². The summed E-state index contributed by atoms with van der Waals surface area (Å²) in [7, 11) is -0.546. The minimum absolute atomic E-state index is 0.495. The van der Waals surface area contributed by atoms with Gasteiger partial charge in [-0.1, -0.05) is 170 Å². The summed E-state index contributed by atoms with van der Waals surface area (Å²) >= 11 is 0. The minimum atomic E-state index is -0.639. The fraction of sp³-hybridized carbons (Fsp3) is 0.127. The predicted octanol–water partition coefficient (Wildman–Crippen LogP) is 12.8. The van der Waals surface area contributed by atoms with Crippen molar-refractivity contribution < 1.29 is 9.31 Å². The van der Waals surface area contributed by atoms with Crippen LogP contribution >= 0.6 is 0 Å². The smallest absolute Gasteiger partial charge is 0.399 e. The second-order valence-electron chi connectivity index (χ2n) is 17.4. The van der Waals surface area contributed by atoms with Crippen LogP contribution in [0.25, 0.3) is 72.0 Å². The second-order valence-corrected chi connectivity index (χ2v) is 17.4. The minimum Gasteiger partial charge on any atom is -0.399 e. The van der Waals surface area contributed by atoms with Crippen LogP contribution in [-0.2, 0) is 14.7 Å². The number of benzene rings is 8. The summed E-state index contributed by atoms with van der Waals surface area (Å²) in [6.45, 7) is 8.58. The molecule has 3 nitrogen and oxygen atoms in total. The maximum Gasteiger partial charge on any atom is 0.495 e. The van der Waals surface area contributed by atoms with Gasteiger partial charge in [0, 0.05) is 21.9 Å². The van der Waals surface area contributed by atoms with Crippen LogP contribution in [0.5, 0.6) is 0 Å². The summed E-state index contributed by atoms with van der Waals surface area (Å²) in [5.74, 6) is 0. The molecule has 0 saturated carbocycles. The second kappa shape index (κ2) is 12.3. The number of hydrogen-bond acceptors (Lipinski definition) is 2. The van der Waals surface area contributed by atoms with Gasteiger partial charge in [-0.25, -0.2) is 0 Å². The highest BCUT2D eigenvalue weighted by Crippen LogP contribution is 2.62. The van der Waals surface area contributed by atoms with Gasteiger partial charge in [0.2, 0.25) is 0 Å². The fourth-order valence-electron chi connectivity index (χ4n) is 10.4. The molecule has 0 atom stereocenters. The van der Waals surface area contributed by atoms with Gasteiger partial charge in [-0.3, -0.25) is 0 Å². The molecule has 59 heavy (non-hydrogen) atoms. The van der Waals surface area contributed by atoms with E-state index in [0.717, 1.165) is 11.2 Å². The standard InChI is InChI=1S/C55H42BNO2/c1-53(2)54(3,4)59-56(58-53)46-34-33-44-50-49(46)43-20-12-14-22-48(43)57-47-21-13-11-19-41(47)42-31-32-45(51(50)52(42)57)55(44,39-27-23-37(24-28-39)35-15-7-5-8-16-35)40-29-25-38(26-30-40)36-17-9-6-10-18-36/h5-34H,1-4H3. The Morgan fingerprint density at radius 2 is 0.932 bits per heavy atom. The number of fused-ring (bicyclic) bond motifs is 6. The van der Waals surface area contributed by atoms with Crippen LogP contribution in [0.3, 0.4) is 0 Å². The Balaban J connectivity index is 1.23. The molecule has 1 saturated heterocycles. The van der Waals surface area contributed by atoms with Crippen molar-refractivity contribution in [3.8, 4) is 50.2 Å². The molecule has 0 N–H and O–H groups in total. The van der Waals surface area contributed by atoms with E-state index < -0.39 is 23.7 Å². The van der Waals surface area contributed by atoms with Crippen molar-refractivity contribution in [3.05, 3.63) is 204 Å². The van der Waals surface area contributed by atoms with Crippen molar-refractivity contribution in [2.75, 3.05) is 0 Å². The van der Waals surface area contributed by atoms with Crippen LogP contribution < -0.4 is 5.46 Å². The zero-order valence-electron chi connectivity index (χ0n) is 33.7. The Bertz CT molecular complexity index is 3040. The molecule has 0 amide bonds. The Labute approximate surface area is 345 Å². The summed E-state index contributed by atoms with van der Waals surface area (Å²) in [4.78, 5) is 0. The molecule has 3 aliphatic rings. The number of nitrogens with zero attached hydrogens (tertiary/aromatic N) is 1. The molecule has 9 aromatic rings. The SMILES string of the molecule is CC1(C)OB(c2ccc3c4c2-c2ccccc2-n2c5ccccc5c5ccc(c-4c52)C3(c2ccc(-c3ccccc3)cc2)c2ccc(-c3ccccc3)cc2)OC1(C)C. The van der Waals surface area contributed by atoms with E-state index in [1.165, 1.54) is 88.6 Å². The van der Waals surface area contributed by atoms with Crippen molar-refractivity contribution in [2.45, 2.75) is 44.3 Å². The molecule has 0 radical (unpaired) electrons. The first-order chi connectivity index (χ1) is 28.8. The number of aromatic nitrogens is 1. The number of para-hydroxylation sites is 2. The first kappa shape index (κ1) is 34.6. The summed E-state index contributed by atoms with van der Waals surface area (Å²) in [6, 6.07) is 67.4. The van der Waals surface area contributed by atoms with Gasteiger partial charge in [0.15, 0.2) is 0 Å². The summed E-state index contributed by atoms with van der Waals surface area (Å²) in [6.07, 6.45) is 0. The van der Waals surface area contributed by atoms with Gasteiger partial charge in [0.25, 0.3) is 0 Å². The molecule has 3 heterocycles. The quantitative estimate of drug-likeness (QED) is 0.163. The molecule has 4 heteroatoms. The predicted molar refractivity (Wildman–Crippen MR) is 244 cm³/mol. The molecule has 1 fully saturated rings. The van der Waals surface area contributed by atoms with E-state index >= 15 is 0 Å². The van der Waals surface area contributed by atoms with E-state index in [0.29, 0.717) is 0 Å². The van der Waals surface area contributed by atoms with Crippen LogP contribution in [0.15, 0.2) is 182 Å². The van der Waals surface area contributed by atoms with Gasteiger partial charge >= 0.3 is 7.12 Å². The number of rotatable bonds is 5. The molecule has 282 valence electrons. The van der Waals surface area contributed by atoms with Crippen molar-refractivity contribution >= 4 is 34.4 Å². The lowest BCUT2D eigenvalue weighted by molar-refractivity contribution is 0.00578. The normalized spacial score (nSPS) is 16.4. The summed E-state index contributed by atoms with van der Waals surface area (Å²) in [5, 5.41) is 2.51. The molecule has 0 unspecified atom stereocenters. The topological polar surface area (TPSA) is 23.4 Å². The van der Waals surface area contributed by atoms with E-state index in [-0.39, 0.29) is 0 Å². The first-order valence-corrected chi connectivity index (χ1v) is 20.8. The highest BCUT2D eigenvalue weighted by Gasteiger charge is 2.55. The van der Waals surface area contributed by atoms with Crippen LogP contribution in [0.2, 0.25) is 0 Å². The Morgan fingerprint density at radius 3 is 1.56 bits per heavy atom. The lowest BCUT2D eigenvalue weighted by Crippen LogP contribution is -2.41. The maximum atomic E-state index is 6.93. The lowest BCUT2D eigenvalue weighted by Gasteiger charge is -2.35. The summed E-state index contributed by atoms with van der Waals surface area (Å²) in [5.41, 5.74) is 17.7. The average Bonchev–Trinajstić information content (AvgIpc) is 3.81. The molecule has 1 aromatic heterocycles. The Kier molecular flexibility index (Phi) is 7.20. The van der Waals surface area contributed by atoms with E-state index in [9.17, 15) is 0 Å². The third-order valence-corrected chi connectivity index (χ3v) is 13.9. The van der Waals surface area contributed by atoms with Gasteiger partial charge in [-0.2, -0.15) is 0 Å². The van der Waals surface area contributed by atoms with Gasteiger partial charge in [-0.05, 0) is 101 Å². The third kappa shape index (κ3) is 4.67. The molecular weight excluding hydrogens is 717 g/mol. The van der Waals surface area contributed by atoms with Crippen LogP contribution in [0.4, 0.5) is 0 Å². The Hall–Kier alpha value is -6.46. The molecule has 0 bridgehead atoms. The van der Waals surface area contributed by atoms with Crippen LogP contribution in [0, 0.1) is 0 Å². The molecule has 1 aliphatic carbocycles. The Morgan fingerprint density at radius 1 is 0.424 bits per heavy atom. The first-order valence-electron chi connectivity index (χ1n) is 20.8. The molecular formula is C55H42BNO2. The van der Waals surface area contributed by atoms with Gasteiger partial charge in [0.1, 0.15) is 0 Å². The van der Waals surface area contributed by atoms with Crippen molar-refractivity contribution in [1.82, 2.24) is 4.57 Å². The summed E-state index contributed by atoms with van der Waals surface area (Å²) < 4.78 is 16.4. The van der Waals surface area contributed by atoms with Crippen molar-refractivity contribution in [1.29, 1.82) is 0 Å². The highest BCUT2D eigenvalue weighted by molar-refractivity contribution is 6.64. The zero-order valence-corrected chi connectivity index (χ0v) is 33.7. The average molecular weight is 760 g/mol. The van der Waals surface area contributed by atoms with E-state index in [1.54, 1.807) is 0 Å². The van der Waals surface area contributed by atoms with Crippen molar-refractivity contribution in [3.63, 3.8) is 0 Å². The molecule has 12 rings (SSSR count). The maximum absolute atomic E-state index is 6.93. The van der Waals surface area contributed by atoms with Crippen LogP contribution in [-0.4, -0.2) is 22.9 Å². The van der Waals surface area contributed by atoms with Gasteiger partial charge < -0.3 is 13.9 Å². The molecule has 0 spiro atoms. The van der Waals surface area contributed by atoms with Crippen LogP contribution in [0.1, 0.15) is 49.9 Å². The van der Waals surface area contributed by atoms with E-state index in [4.69, 9.17) is 9.31 Å². The van der Waals surface area contributed by atoms with Gasteiger partial charge in [0.05, 0.1) is 33.3 Å².